The molecule has 1 atom stereocenters. The number of anilines is 1. The molecule has 0 aliphatic rings. The van der Waals surface area contributed by atoms with E-state index in [9.17, 15) is 4.79 Å². The lowest BCUT2D eigenvalue weighted by Gasteiger charge is -2.16. The summed E-state index contributed by atoms with van der Waals surface area (Å²) in [6, 6.07) is 3.28. The van der Waals surface area contributed by atoms with E-state index >= 15 is 0 Å². The van der Waals surface area contributed by atoms with Crippen molar-refractivity contribution in [1.29, 1.82) is 0 Å². The van der Waals surface area contributed by atoms with Crippen molar-refractivity contribution in [3.8, 4) is 0 Å². The van der Waals surface area contributed by atoms with E-state index < -0.39 is 5.91 Å². The fraction of sp³-hybridized carbons (Fsp3) is 0.455. The summed E-state index contributed by atoms with van der Waals surface area (Å²) in [6.45, 7) is 0.948. The van der Waals surface area contributed by atoms with Crippen molar-refractivity contribution in [2.45, 2.75) is 6.10 Å². The van der Waals surface area contributed by atoms with Crippen LogP contribution >= 0.6 is 0 Å². The van der Waals surface area contributed by atoms with Gasteiger partial charge in [-0.25, -0.2) is 4.98 Å². The van der Waals surface area contributed by atoms with Gasteiger partial charge in [0.2, 0.25) is 0 Å². The van der Waals surface area contributed by atoms with Gasteiger partial charge in [-0.15, -0.1) is 0 Å². The highest BCUT2D eigenvalue weighted by Gasteiger charge is 2.11. The lowest BCUT2D eigenvalue weighted by Crippen LogP contribution is -2.28. The highest BCUT2D eigenvalue weighted by Crippen LogP contribution is 2.10. The molecule has 17 heavy (non-hydrogen) atoms. The number of ether oxygens (including phenoxy) is 2. The van der Waals surface area contributed by atoms with Gasteiger partial charge in [-0.1, -0.05) is 0 Å². The van der Waals surface area contributed by atoms with Gasteiger partial charge in [0.05, 0.1) is 18.3 Å². The number of pyridine rings is 1. The second kappa shape index (κ2) is 6.82. The van der Waals surface area contributed by atoms with Gasteiger partial charge in [0.25, 0.3) is 5.91 Å². The number of nitrogens with two attached hydrogens (primary N) is 1. The summed E-state index contributed by atoms with van der Waals surface area (Å²) >= 11 is 0. The summed E-state index contributed by atoms with van der Waals surface area (Å²) in [5.41, 5.74) is 5.60. The first-order valence-electron chi connectivity index (χ1n) is 5.19. The van der Waals surface area contributed by atoms with Crippen LogP contribution in [0.5, 0.6) is 0 Å². The minimum Gasteiger partial charge on any atom is -0.382 e. The molecule has 0 radical (unpaired) electrons. The van der Waals surface area contributed by atoms with Crippen molar-refractivity contribution in [3.05, 3.63) is 23.9 Å². The zero-order valence-electron chi connectivity index (χ0n) is 9.97. The Kier molecular flexibility index (Phi) is 5.38. The third-order valence-electron chi connectivity index (χ3n) is 2.26. The number of carbonyl (C=O) groups excluding carboxylic acids is 1. The fourth-order valence-electron chi connectivity index (χ4n) is 1.35. The molecular formula is C11H17N3O3. The number of hydrogen-bond donors (Lipinski definition) is 2. The van der Waals surface area contributed by atoms with Gasteiger partial charge >= 0.3 is 0 Å². The number of nitrogens with one attached hydrogen (secondary N) is 1. The smallest absolute Gasteiger partial charge is 0.252 e. The molecule has 94 valence electrons. The van der Waals surface area contributed by atoms with Crippen LogP contribution < -0.4 is 11.1 Å². The zero-order valence-corrected chi connectivity index (χ0v) is 9.97. The number of carbonyl (C=O) groups is 1. The summed E-state index contributed by atoms with van der Waals surface area (Å²) < 4.78 is 10.2. The molecule has 6 nitrogen and oxygen atoms in total. The average Bonchev–Trinajstić information content (AvgIpc) is 2.34. The predicted molar refractivity (Wildman–Crippen MR) is 63.9 cm³/mol. The SMILES string of the molecule is COCC(CNc1ncccc1C(N)=O)OC. The van der Waals surface area contributed by atoms with Crippen molar-refractivity contribution in [1.82, 2.24) is 4.98 Å². The van der Waals surface area contributed by atoms with Crippen molar-refractivity contribution in [2.75, 3.05) is 32.7 Å². The summed E-state index contributed by atoms with van der Waals surface area (Å²) in [7, 11) is 3.19. The summed E-state index contributed by atoms with van der Waals surface area (Å²) in [6.07, 6.45) is 1.48. The van der Waals surface area contributed by atoms with Crippen LogP contribution in [0.25, 0.3) is 0 Å². The molecule has 1 rings (SSSR count). The second-order valence-corrected chi connectivity index (χ2v) is 3.46. The number of aromatic nitrogens is 1. The van der Waals surface area contributed by atoms with E-state index in [-0.39, 0.29) is 6.10 Å². The van der Waals surface area contributed by atoms with Crippen molar-refractivity contribution < 1.29 is 14.3 Å². The first kappa shape index (κ1) is 13.4. The van der Waals surface area contributed by atoms with Crippen LogP contribution in [0.15, 0.2) is 18.3 Å². The Morgan fingerprint density at radius 1 is 1.59 bits per heavy atom. The van der Waals surface area contributed by atoms with Gasteiger partial charge < -0.3 is 20.5 Å². The average molecular weight is 239 g/mol. The molecule has 0 aromatic carbocycles. The number of amides is 1. The number of primary amides is 1. The van der Waals surface area contributed by atoms with Gasteiger partial charge in [-0.3, -0.25) is 4.79 Å². The van der Waals surface area contributed by atoms with Crippen molar-refractivity contribution >= 4 is 11.7 Å². The number of methoxy groups -OCH3 is 2. The van der Waals surface area contributed by atoms with E-state index in [1.807, 2.05) is 0 Å². The van der Waals surface area contributed by atoms with Crippen LogP contribution in [0.2, 0.25) is 0 Å². The molecule has 0 saturated carbocycles. The number of hydrogen-bond acceptors (Lipinski definition) is 5. The molecule has 1 aromatic rings. The van der Waals surface area contributed by atoms with Crippen LogP contribution in [-0.4, -0.2) is 44.4 Å². The molecule has 0 saturated heterocycles. The molecular weight excluding hydrogens is 222 g/mol. The van der Waals surface area contributed by atoms with E-state index in [0.717, 1.165) is 0 Å². The lowest BCUT2D eigenvalue weighted by atomic mass is 10.2. The van der Waals surface area contributed by atoms with Crippen LogP contribution in [0, 0.1) is 0 Å². The van der Waals surface area contributed by atoms with Gasteiger partial charge in [0.15, 0.2) is 0 Å². The number of rotatable bonds is 7. The largest absolute Gasteiger partial charge is 0.382 e. The molecule has 0 bridgehead atoms. The first-order valence-corrected chi connectivity index (χ1v) is 5.19. The molecule has 0 aliphatic heterocycles. The van der Waals surface area contributed by atoms with Crippen LogP contribution in [0.3, 0.4) is 0 Å². The Morgan fingerprint density at radius 3 is 2.94 bits per heavy atom. The molecule has 1 aromatic heterocycles. The van der Waals surface area contributed by atoms with E-state index in [1.54, 1.807) is 32.5 Å². The predicted octanol–water partition coefficient (Wildman–Crippen LogP) is 0.254. The quantitative estimate of drug-likeness (QED) is 0.712. The van der Waals surface area contributed by atoms with E-state index in [1.165, 1.54) is 0 Å². The summed E-state index contributed by atoms with van der Waals surface area (Å²) in [4.78, 5) is 15.2. The minimum atomic E-state index is -0.513. The summed E-state index contributed by atoms with van der Waals surface area (Å²) in [5, 5.41) is 3.01. The monoisotopic (exact) mass is 239 g/mol. The Labute approximate surface area is 100 Å². The second-order valence-electron chi connectivity index (χ2n) is 3.46. The fourth-order valence-corrected chi connectivity index (χ4v) is 1.35. The molecule has 1 heterocycles. The molecule has 6 heteroatoms. The highest BCUT2D eigenvalue weighted by atomic mass is 16.5. The molecule has 0 fully saturated rings. The normalized spacial score (nSPS) is 12.1. The van der Waals surface area contributed by atoms with Crippen LogP contribution in [-0.2, 0) is 9.47 Å². The van der Waals surface area contributed by atoms with Gasteiger partial charge in [0.1, 0.15) is 5.82 Å². The van der Waals surface area contributed by atoms with Gasteiger partial charge in [0, 0.05) is 27.0 Å². The Bertz CT molecular complexity index is 371. The topological polar surface area (TPSA) is 86.5 Å². The van der Waals surface area contributed by atoms with Gasteiger partial charge in [-0.2, -0.15) is 0 Å². The zero-order chi connectivity index (χ0) is 12.7. The van der Waals surface area contributed by atoms with Crippen molar-refractivity contribution in [3.63, 3.8) is 0 Å². The maximum absolute atomic E-state index is 11.1. The van der Waals surface area contributed by atoms with Crippen LogP contribution in [0.1, 0.15) is 10.4 Å². The lowest BCUT2D eigenvalue weighted by molar-refractivity contribution is 0.0365. The third-order valence-corrected chi connectivity index (χ3v) is 2.26. The molecule has 0 aliphatic carbocycles. The Hall–Kier alpha value is -1.66. The van der Waals surface area contributed by atoms with Crippen LogP contribution in [0.4, 0.5) is 5.82 Å². The van der Waals surface area contributed by atoms with E-state index in [0.29, 0.717) is 24.5 Å². The summed E-state index contributed by atoms with van der Waals surface area (Å²) in [5.74, 6) is -0.0561. The van der Waals surface area contributed by atoms with Gasteiger partial charge in [-0.05, 0) is 12.1 Å². The molecule has 1 amide bonds. The maximum atomic E-state index is 11.1. The van der Waals surface area contributed by atoms with E-state index in [4.69, 9.17) is 15.2 Å². The third kappa shape index (κ3) is 4.01. The molecule has 3 N–H and O–H groups in total. The molecule has 0 spiro atoms. The highest BCUT2D eigenvalue weighted by molar-refractivity contribution is 5.97. The Balaban J connectivity index is 2.65. The number of nitrogens with zero attached hydrogens (tertiary/aromatic N) is 1. The van der Waals surface area contributed by atoms with Crippen molar-refractivity contribution in [2.24, 2.45) is 5.73 Å². The van der Waals surface area contributed by atoms with E-state index in [2.05, 4.69) is 10.3 Å². The Morgan fingerprint density at radius 2 is 2.35 bits per heavy atom. The maximum Gasteiger partial charge on any atom is 0.252 e. The molecule has 1 unspecified atom stereocenters. The first-order chi connectivity index (χ1) is 8.19. The minimum absolute atomic E-state index is 0.109. The standard InChI is InChI=1S/C11H17N3O3/c1-16-7-8(17-2)6-14-11-9(10(12)15)4-3-5-13-11/h3-5,8H,6-7H2,1-2H3,(H2,12,15)(H,13,14).